The average molecular weight is 421 g/mol. The molecule has 1 aromatic heterocycles. The molecule has 1 fully saturated rings. The number of carbonyl (C=O) groups is 2. The smallest absolute Gasteiger partial charge is 0.228 e. The number of amides is 2. The predicted molar refractivity (Wildman–Crippen MR) is 121 cm³/mol. The molecule has 4 rings (SSSR count). The first-order chi connectivity index (χ1) is 14.8. The summed E-state index contributed by atoms with van der Waals surface area (Å²) in [7, 11) is 0. The number of anilines is 1. The van der Waals surface area contributed by atoms with Crippen molar-refractivity contribution < 1.29 is 9.59 Å². The Morgan fingerprint density at radius 2 is 2.00 bits per heavy atom. The number of rotatable bonds is 5. The van der Waals surface area contributed by atoms with Gasteiger partial charge in [0, 0.05) is 49.1 Å². The second-order valence-corrected chi connectivity index (χ2v) is 9.18. The van der Waals surface area contributed by atoms with Crippen LogP contribution in [0.2, 0.25) is 0 Å². The first kappa shape index (κ1) is 21.5. The normalized spacial score (nSPS) is 18.6. The van der Waals surface area contributed by atoms with Gasteiger partial charge >= 0.3 is 0 Å². The molecule has 2 amide bonds. The summed E-state index contributed by atoms with van der Waals surface area (Å²) in [5, 5.41) is 0. The Bertz CT molecular complexity index is 1000. The van der Waals surface area contributed by atoms with Crippen LogP contribution in [0.5, 0.6) is 0 Å². The summed E-state index contributed by atoms with van der Waals surface area (Å²) in [6, 6.07) is 8.43. The van der Waals surface area contributed by atoms with Gasteiger partial charge in [-0.15, -0.1) is 0 Å². The molecule has 0 spiro atoms. The minimum Gasteiger partial charge on any atom is -0.342 e. The van der Waals surface area contributed by atoms with Gasteiger partial charge in [-0.05, 0) is 38.7 Å². The fourth-order valence-corrected chi connectivity index (χ4v) is 4.66. The second-order valence-electron chi connectivity index (χ2n) is 9.18. The maximum atomic E-state index is 12.8. The van der Waals surface area contributed by atoms with Gasteiger partial charge in [-0.1, -0.05) is 43.7 Å². The topological polar surface area (TPSA) is 66.4 Å². The van der Waals surface area contributed by atoms with Gasteiger partial charge in [0.2, 0.25) is 11.8 Å². The maximum Gasteiger partial charge on any atom is 0.228 e. The fraction of sp³-hybridized carbons (Fsp3) is 0.520. The first-order valence-corrected chi connectivity index (χ1v) is 11.4. The lowest BCUT2D eigenvalue weighted by atomic mass is 10.0. The average Bonchev–Trinajstić information content (AvgIpc) is 3.22. The van der Waals surface area contributed by atoms with Crippen LogP contribution in [-0.2, 0) is 22.4 Å². The van der Waals surface area contributed by atoms with Crippen molar-refractivity contribution in [2.24, 2.45) is 5.92 Å². The van der Waals surface area contributed by atoms with Gasteiger partial charge in [0.05, 0.1) is 0 Å². The van der Waals surface area contributed by atoms with Crippen molar-refractivity contribution >= 4 is 17.6 Å². The summed E-state index contributed by atoms with van der Waals surface area (Å²) >= 11 is 0. The minimum atomic E-state index is -0.000302. The molecule has 31 heavy (non-hydrogen) atoms. The number of hydrogen-bond donors (Lipinski definition) is 0. The third-order valence-corrected chi connectivity index (χ3v) is 6.42. The molecule has 164 valence electrons. The molecule has 3 heterocycles. The Morgan fingerprint density at radius 3 is 2.74 bits per heavy atom. The number of aryl methyl sites for hydroxylation is 2. The van der Waals surface area contributed by atoms with Crippen molar-refractivity contribution in [2.75, 3.05) is 24.5 Å². The van der Waals surface area contributed by atoms with E-state index in [2.05, 4.69) is 31.2 Å². The van der Waals surface area contributed by atoms with Gasteiger partial charge in [-0.25, -0.2) is 9.97 Å². The number of likely N-dealkylation sites (tertiary alicyclic amines) is 1. The van der Waals surface area contributed by atoms with Crippen LogP contribution in [0.15, 0.2) is 24.3 Å². The van der Waals surface area contributed by atoms with Crippen LogP contribution in [0.1, 0.15) is 60.8 Å². The molecule has 2 aromatic rings. The van der Waals surface area contributed by atoms with Gasteiger partial charge in [0.1, 0.15) is 11.6 Å². The monoisotopic (exact) mass is 420 g/mol. The molecule has 2 aliphatic heterocycles. The van der Waals surface area contributed by atoms with E-state index in [1.165, 1.54) is 11.1 Å². The summed E-state index contributed by atoms with van der Waals surface area (Å²) in [4.78, 5) is 38.7. The summed E-state index contributed by atoms with van der Waals surface area (Å²) in [5.41, 5.74) is 4.50. The summed E-state index contributed by atoms with van der Waals surface area (Å²) in [6.07, 6.45) is 2.87. The van der Waals surface area contributed by atoms with Crippen molar-refractivity contribution in [2.45, 2.75) is 59.3 Å². The number of hydrogen-bond acceptors (Lipinski definition) is 4. The van der Waals surface area contributed by atoms with E-state index in [-0.39, 0.29) is 23.7 Å². The highest BCUT2D eigenvalue weighted by Crippen LogP contribution is 2.32. The molecular weight excluding hydrogens is 388 g/mol. The van der Waals surface area contributed by atoms with Gasteiger partial charge in [0.25, 0.3) is 0 Å². The number of carbonyl (C=O) groups excluding carboxylic acids is 2. The molecule has 0 radical (unpaired) electrons. The molecule has 0 bridgehead atoms. The van der Waals surface area contributed by atoms with E-state index in [4.69, 9.17) is 9.97 Å². The van der Waals surface area contributed by atoms with E-state index < -0.39 is 0 Å². The lowest BCUT2D eigenvalue weighted by Crippen LogP contribution is -2.38. The first-order valence-electron chi connectivity index (χ1n) is 11.4. The molecule has 0 unspecified atom stereocenters. The molecule has 6 heteroatoms. The van der Waals surface area contributed by atoms with Gasteiger partial charge < -0.3 is 4.90 Å². The van der Waals surface area contributed by atoms with Crippen LogP contribution < -0.4 is 4.90 Å². The zero-order chi connectivity index (χ0) is 22.1. The highest BCUT2D eigenvalue weighted by molar-refractivity contribution is 5.95. The van der Waals surface area contributed by atoms with E-state index in [0.29, 0.717) is 25.9 Å². The second kappa shape index (κ2) is 8.77. The van der Waals surface area contributed by atoms with Crippen LogP contribution in [0.4, 0.5) is 5.82 Å². The van der Waals surface area contributed by atoms with Gasteiger partial charge in [0.15, 0.2) is 0 Å². The molecule has 2 aliphatic rings. The van der Waals surface area contributed by atoms with Gasteiger partial charge in [-0.2, -0.15) is 0 Å². The lowest BCUT2D eigenvalue weighted by Gasteiger charge is -2.30. The van der Waals surface area contributed by atoms with Crippen molar-refractivity contribution in [3.63, 3.8) is 0 Å². The zero-order valence-corrected chi connectivity index (χ0v) is 19.0. The van der Waals surface area contributed by atoms with Crippen molar-refractivity contribution in [3.05, 3.63) is 52.5 Å². The molecule has 0 saturated carbocycles. The van der Waals surface area contributed by atoms with Crippen LogP contribution in [0.3, 0.4) is 0 Å². The van der Waals surface area contributed by atoms with Crippen molar-refractivity contribution in [1.29, 1.82) is 0 Å². The Morgan fingerprint density at radius 1 is 1.19 bits per heavy atom. The number of aromatic nitrogens is 2. The number of nitrogens with zero attached hydrogens (tertiary/aromatic N) is 4. The molecule has 0 N–H and O–H groups in total. The third kappa shape index (κ3) is 4.48. The molecule has 1 atom stereocenters. The van der Waals surface area contributed by atoms with E-state index >= 15 is 0 Å². The van der Waals surface area contributed by atoms with Crippen LogP contribution in [0.25, 0.3) is 0 Å². The van der Waals surface area contributed by atoms with Crippen LogP contribution in [-0.4, -0.2) is 46.3 Å². The van der Waals surface area contributed by atoms with Crippen LogP contribution in [0, 0.1) is 19.8 Å². The van der Waals surface area contributed by atoms with E-state index in [0.717, 1.165) is 42.3 Å². The number of fused-ring (bicyclic) bond motifs is 1. The van der Waals surface area contributed by atoms with Crippen molar-refractivity contribution in [3.8, 4) is 0 Å². The molecule has 6 nitrogen and oxygen atoms in total. The lowest BCUT2D eigenvalue weighted by molar-refractivity contribution is -0.133. The summed E-state index contributed by atoms with van der Waals surface area (Å²) in [6.45, 7) is 10.0. The SMILES string of the molecule is Cc1cccc(CCN2C(=O)CCc3c(C)nc([C@H]4CCN(C(=O)C(C)C)C4)nc32)c1. The summed E-state index contributed by atoms with van der Waals surface area (Å²) in [5.74, 6) is 1.99. The van der Waals surface area contributed by atoms with Crippen molar-refractivity contribution in [1.82, 2.24) is 14.9 Å². The predicted octanol–water partition coefficient (Wildman–Crippen LogP) is 3.59. The quantitative estimate of drug-likeness (QED) is 0.741. The van der Waals surface area contributed by atoms with E-state index in [1.807, 2.05) is 30.6 Å². The Labute approximate surface area is 184 Å². The van der Waals surface area contributed by atoms with Crippen LogP contribution >= 0.6 is 0 Å². The van der Waals surface area contributed by atoms with Gasteiger partial charge in [-0.3, -0.25) is 14.5 Å². The fourth-order valence-electron chi connectivity index (χ4n) is 4.66. The molecule has 0 aliphatic carbocycles. The number of benzene rings is 1. The Kier molecular flexibility index (Phi) is 6.08. The largest absolute Gasteiger partial charge is 0.342 e. The van der Waals surface area contributed by atoms with E-state index in [9.17, 15) is 9.59 Å². The summed E-state index contributed by atoms with van der Waals surface area (Å²) < 4.78 is 0. The maximum absolute atomic E-state index is 12.8. The molecular formula is C25H32N4O2. The zero-order valence-electron chi connectivity index (χ0n) is 19.0. The molecule has 1 aromatic carbocycles. The molecule has 1 saturated heterocycles. The minimum absolute atomic E-state index is 0.000302. The standard InChI is InChI=1S/C25H32N4O2/c1-16(2)25(31)28-12-11-20(15-28)23-26-18(4)21-8-9-22(30)29(24(21)27-23)13-10-19-7-5-6-17(3)14-19/h5-7,14,16,20H,8-13,15H2,1-4H3/t20-/m0/s1. The van der Waals surface area contributed by atoms with E-state index in [1.54, 1.807) is 0 Å². The Balaban J connectivity index is 1.57. The highest BCUT2D eigenvalue weighted by Gasteiger charge is 2.33. The Hall–Kier alpha value is -2.76. The third-order valence-electron chi connectivity index (χ3n) is 6.42. The highest BCUT2D eigenvalue weighted by atomic mass is 16.2.